The number of ether oxygens (including phenoxy) is 1. The minimum Gasteiger partial charge on any atom is -0.463 e. The number of anilines is 1. The highest BCUT2D eigenvalue weighted by Crippen LogP contribution is 2.33. The molecule has 0 bridgehead atoms. The number of benzene rings is 2. The van der Waals surface area contributed by atoms with Crippen LogP contribution >= 0.6 is 11.6 Å². The Morgan fingerprint density at radius 2 is 2.00 bits per heavy atom. The van der Waals surface area contributed by atoms with Gasteiger partial charge in [-0.3, -0.25) is 4.79 Å². The van der Waals surface area contributed by atoms with E-state index >= 15 is 0 Å². The Hall–Kier alpha value is -3.58. The molecule has 31 heavy (non-hydrogen) atoms. The van der Waals surface area contributed by atoms with Crippen molar-refractivity contribution in [3.63, 3.8) is 0 Å². The fourth-order valence-corrected chi connectivity index (χ4v) is 3.76. The van der Waals surface area contributed by atoms with E-state index in [-0.39, 0.29) is 12.2 Å². The average Bonchev–Trinajstić information content (AvgIpc) is 2.71. The van der Waals surface area contributed by atoms with Crippen LogP contribution in [-0.4, -0.2) is 18.5 Å². The third-order valence-electron chi connectivity index (χ3n) is 4.99. The molecule has 1 atom stereocenters. The predicted molar refractivity (Wildman–Crippen MR) is 118 cm³/mol. The van der Waals surface area contributed by atoms with Crippen molar-refractivity contribution in [2.75, 3.05) is 11.9 Å². The summed E-state index contributed by atoms with van der Waals surface area (Å²) in [5.74, 6) is -0.896. The first-order valence-corrected chi connectivity index (χ1v) is 10.0. The van der Waals surface area contributed by atoms with E-state index < -0.39 is 23.2 Å². The van der Waals surface area contributed by atoms with Gasteiger partial charge in [-0.1, -0.05) is 23.7 Å². The second kappa shape index (κ2) is 7.92. The lowest BCUT2D eigenvalue weighted by atomic mass is 9.94. The summed E-state index contributed by atoms with van der Waals surface area (Å²) in [6, 6.07) is 11.8. The lowest BCUT2D eigenvalue weighted by Gasteiger charge is -2.37. The second-order valence-corrected chi connectivity index (χ2v) is 7.63. The van der Waals surface area contributed by atoms with Gasteiger partial charge in [0, 0.05) is 22.2 Å². The summed E-state index contributed by atoms with van der Waals surface area (Å²) in [6.45, 7) is 3.65. The Morgan fingerprint density at radius 1 is 1.19 bits per heavy atom. The summed E-state index contributed by atoms with van der Waals surface area (Å²) < 4.78 is 10.3. The van der Waals surface area contributed by atoms with Crippen molar-refractivity contribution in [3.05, 3.63) is 80.7 Å². The van der Waals surface area contributed by atoms with Gasteiger partial charge in [0.05, 0.1) is 17.7 Å². The van der Waals surface area contributed by atoms with Crippen LogP contribution in [0.1, 0.15) is 35.3 Å². The van der Waals surface area contributed by atoms with E-state index in [2.05, 4.69) is 10.6 Å². The van der Waals surface area contributed by atoms with Gasteiger partial charge in [-0.2, -0.15) is 0 Å². The fourth-order valence-electron chi connectivity index (χ4n) is 3.58. The van der Waals surface area contributed by atoms with Crippen LogP contribution in [0.25, 0.3) is 17.0 Å². The summed E-state index contributed by atoms with van der Waals surface area (Å²) in [7, 11) is 0. The molecule has 158 valence electrons. The van der Waals surface area contributed by atoms with Crippen LogP contribution in [0, 0.1) is 0 Å². The van der Waals surface area contributed by atoms with Crippen LogP contribution in [0.3, 0.4) is 0 Å². The molecule has 0 aliphatic carbocycles. The third-order valence-corrected chi connectivity index (χ3v) is 5.23. The van der Waals surface area contributed by atoms with Crippen LogP contribution in [0.2, 0.25) is 5.02 Å². The molecule has 1 unspecified atom stereocenters. The van der Waals surface area contributed by atoms with E-state index in [0.29, 0.717) is 32.8 Å². The van der Waals surface area contributed by atoms with E-state index in [4.69, 9.17) is 20.8 Å². The van der Waals surface area contributed by atoms with Crippen molar-refractivity contribution < 1.29 is 18.7 Å². The van der Waals surface area contributed by atoms with E-state index in [1.807, 2.05) is 0 Å². The first kappa shape index (κ1) is 20.7. The van der Waals surface area contributed by atoms with Gasteiger partial charge in [-0.05, 0) is 55.8 Å². The first-order valence-electron chi connectivity index (χ1n) is 9.63. The van der Waals surface area contributed by atoms with Crippen LogP contribution in [0.5, 0.6) is 0 Å². The highest BCUT2D eigenvalue weighted by molar-refractivity contribution is 6.31. The lowest BCUT2D eigenvalue weighted by molar-refractivity contribution is -0.137. The standard InChI is InChI=1S/C23H19ClN2O5/c1-3-30-19(27)10-7-13-5-4-6-17-20(13)21(28)26-23(2,25-17)16-12-14-11-15(24)8-9-18(14)31-22(16)29/h4-12,25H,3H2,1-2H3,(H,26,28)/b10-7+. The summed E-state index contributed by atoms with van der Waals surface area (Å²) >= 11 is 6.07. The molecule has 1 aliphatic rings. The van der Waals surface area contributed by atoms with Crippen LogP contribution in [0.15, 0.2) is 57.8 Å². The molecular formula is C23H19ClN2O5. The lowest BCUT2D eigenvalue weighted by Crippen LogP contribution is -2.55. The maximum atomic E-state index is 13.0. The summed E-state index contributed by atoms with van der Waals surface area (Å²) in [4.78, 5) is 37.4. The normalized spacial score (nSPS) is 17.8. The molecule has 0 spiro atoms. The summed E-state index contributed by atoms with van der Waals surface area (Å²) in [6.07, 6.45) is 2.79. The number of hydrogen-bond donors (Lipinski definition) is 2. The maximum absolute atomic E-state index is 13.0. The summed E-state index contributed by atoms with van der Waals surface area (Å²) in [5, 5.41) is 7.20. The van der Waals surface area contributed by atoms with Gasteiger partial charge >= 0.3 is 11.6 Å². The van der Waals surface area contributed by atoms with Gasteiger partial charge in [-0.25, -0.2) is 9.59 Å². The highest BCUT2D eigenvalue weighted by Gasteiger charge is 2.38. The third kappa shape index (κ3) is 3.92. The summed E-state index contributed by atoms with van der Waals surface area (Å²) in [5.41, 5.74) is 0.243. The molecule has 3 aromatic rings. The predicted octanol–water partition coefficient (Wildman–Crippen LogP) is 4.05. The number of rotatable bonds is 4. The Bertz CT molecular complexity index is 1300. The molecule has 0 fully saturated rings. The number of carbonyl (C=O) groups excluding carboxylic acids is 2. The molecular weight excluding hydrogens is 420 g/mol. The molecule has 2 N–H and O–H groups in total. The SMILES string of the molecule is CCOC(=O)/C=C/c1cccc2c1C(=O)NC(C)(c1cc3cc(Cl)ccc3oc1=O)N2. The zero-order valence-electron chi connectivity index (χ0n) is 16.8. The van der Waals surface area contributed by atoms with E-state index in [1.165, 1.54) is 12.2 Å². The van der Waals surface area contributed by atoms with Gasteiger partial charge < -0.3 is 19.8 Å². The van der Waals surface area contributed by atoms with Gasteiger partial charge in [0.15, 0.2) is 0 Å². The van der Waals surface area contributed by atoms with Crippen LogP contribution in [0.4, 0.5) is 5.69 Å². The molecule has 0 saturated carbocycles. The average molecular weight is 439 g/mol. The van der Waals surface area contributed by atoms with Crippen LogP contribution in [-0.2, 0) is 15.2 Å². The molecule has 1 amide bonds. The first-order chi connectivity index (χ1) is 14.8. The van der Waals surface area contributed by atoms with Gasteiger partial charge in [-0.15, -0.1) is 0 Å². The molecule has 8 heteroatoms. The van der Waals surface area contributed by atoms with Gasteiger partial charge in [0.25, 0.3) is 5.91 Å². The van der Waals surface area contributed by atoms with Gasteiger partial charge in [0.2, 0.25) is 0 Å². The second-order valence-electron chi connectivity index (χ2n) is 7.19. The number of nitrogens with one attached hydrogen (secondary N) is 2. The quantitative estimate of drug-likeness (QED) is 0.362. The van der Waals surface area contributed by atoms with Crippen molar-refractivity contribution in [1.29, 1.82) is 0 Å². The molecule has 1 aromatic heterocycles. The Labute approximate surface area is 182 Å². The number of halogens is 1. The molecule has 0 saturated heterocycles. The molecule has 4 rings (SSSR count). The molecule has 2 aromatic carbocycles. The Kier molecular flexibility index (Phi) is 5.29. The van der Waals surface area contributed by atoms with Crippen molar-refractivity contribution >= 4 is 46.2 Å². The smallest absolute Gasteiger partial charge is 0.343 e. The number of hydrogen-bond acceptors (Lipinski definition) is 6. The number of carbonyl (C=O) groups is 2. The largest absolute Gasteiger partial charge is 0.463 e. The molecule has 2 heterocycles. The Morgan fingerprint density at radius 3 is 2.77 bits per heavy atom. The zero-order chi connectivity index (χ0) is 22.2. The van der Waals surface area contributed by atoms with Crippen molar-refractivity contribution in [2.24, 2.45) is 0 Å². The van der Waals surface area contributed by atoms with Gasteiger partial charge in [0.1, 0.15) is 11.2 Å². The van der Waals surface area contributed by atoms with E-state index in [9.17, 15) is 14.4 Å². The zero-order valence-corrected chi connectivity index (χ0v) is 17.6. The van der Waals surface area contributed by atoms with Crippen molar-refractivity contribution in [3.8, 4) is 0 Å². The number of esters is 1. The number of amides is 1. The maximum Gasteiger partial charge on any atom is 0.343 e. The minimum atomic E-state index is -1.22. The number of fused-ring (bicyclic) bond motifs is 2. The molecule has 0 radical (unpaired) electrons. The Balaban J connectivity index is 1.75. The molecule has 7 nitrogen and oxygen atoms in total. The van der Waals surface area contributed by atoms with E-state index in [0.717, 1.165) is 0 Å². The van der Waals surface area contributed by atoms with Crippen molar-refractivity contribution in [2.45, 2.75) is 19.5 Å². The van der Waals surface area contributed by atoms with E-state index in [1.54, 1.807) is 56.3 Å². The monoisotopic (exact) mass is 438 g/mol. The topological polar surface area (TPSA) is 97.6 Å². The van der Waals surface area contributed by atoms with Crippen molar-refractivity contribution in [1.82, 2.24) is 5.32 Å². The fraction of sp³-hybridized carbons (Fsp3) is 0.174. The van der Waals surface area contributed by atoms with Crippen LogP contribution < -0.4 is 16.3 Å². The minimum absolute atomic E-state index is 0.230. The highest BCUT2D eigenvalue weighted by atomic mass is 35.5. The molecule has 1 aliphatic heterocycles.